The second kappa shape index (κ2) is 5.65. The van der Waals surface area contributed by atoms with E-state index >= 15 is 0 Å². The molecular formula is C11H20N4O. The van der Waals surface area contributed by atoms with Crippen LogP contribution in [0.15, 0.2) is 6.07 Å². The Hall–Kier alpha value is -1.36. The molecule has 0 bridgehead atoms. The highest BCUT2D eigenvalue weighted by molar-refractivity contribution is 5.91. The second-order valence-electron chi connectivity index (χ2n) is 4.33. The van der Waals surface area contributed by atoms with E-state index in [9.17, 15) is 4.79 Å². The lowest BCUT2D eigenvalue weighted by atomic mass is 10.1. The lowest BCUT2D eigenvalue weighted by Gasteiger charge is -2.08. The molecule has 90 valence electrons. The van der Waals surface area contributed by atoms with Gasteiger partial charge in [0.25, 0.3) is 0 Å². The van der Waals surface area contributed by atoms with E-state index < -0.39 is 0 Å². The van der Waals surface area contributed by atoms with Gasteiger partial charge in [0, 0.05) is 17.7 Å². The third-order valence-electron chi connectivity index (χ3n) is 2.52. The summed E-state index contributed by atoms with van der Waals surface area (Å²) >= 11 is 0. The first-order chi connectivity index (χ1) is 7.54. The lowest BCUT2D eigenvalue weighted by Crippen LogP contribution is -2.22. The second-order valence-corrected chi connectivity index (χ2v) is 4.33. The summed E-state index contributed by atoms with van der Waals surface area (Å²) in [4.78, 5) is 11.7. The van der Waals surface area contributed by atoms with Gasteiger partial charge in [-0.1, -0.05) is 20.8 Å². The molecule has 0 aliphatic heterocycles. The molecule has 1 unspecified atom stereocenters. The Balaban J connectivity index is 2.56. The van der Waals surface area contributed by atoms with Crippen LogP contribution in [0.1, 0.15) is 38.8 Å². The Morgan fingerprint density at radius 3 is 2.75 bits per heavy atom. The van der Waals surface area contributed by atoms with Crippen LogP contribution in [-0.4, -0.2) is 22.6 Å². The molecule has 0 saturated heterocycles. The van der Waals surface area contributed by atoms with E-state index in [0.29, 0.717) is 24.7 Å². The van der Waals surface area contributed by atoms with Crippen LogP contribution in [0.5, 0.6) is 0 Å². The number of anilines is 1. The monoisotopic (exact) mass is 224 g/mol. The van der Waals surface area contributed by atoms with Crippen LogP contribution in [0.4, 0.5) is 5.82 Å². The number of aromatic amines is 1. The van der Waals surface area contributed by atoms with Crippen molar-refractivity contribution in [3.63, 3.8) is 0 Å². The van der Waals surface area contributed by atoms with Crippen molar-refractivity contribution in [3.8, 4) is 0 Å². The van der Waals surface area contributed by atoms with Gasteiger partial charge in [-0.3, -0.25) is 9.89 Å². The number of amides is 1. The summed E-state index contributed by atoms with van der Waals surface area (Å²) in [6.45, 7) is 6.51. The number of H-pyrrole nitrogens is 1. The minimum absolute atomic E-state index is 0.0349. The number of aromatic nitrogens is 2. The van der Waals surface area contributed by atoms with Gasteiger partial charge in [0.1, 0.15) is 0 Å². The number of carbonyl (C=O) groups is 1. The topological polar surface area (TPSA) is 83.8 Å². The molecule has 4 N–H and O–H groups in total. The SMILES string of the molecule is CC(CCN)C(=O)Nc1cc(C(C)C)[nH]n1. The Kier molecular flexibility index (Phi) is 4.49. The zero-order chi connectivity index (χ0) is 12.1. The molecule has 0 saturated carbocycles. The third-order valence-corrected chi connectivity index (χ3v) is 2.52. The fourth-order valence-corrected chi connectivity index (χ4v) is 1.33. The minimum Gasteiger partial charge on any atom is -0.330 e. The van der Waals surface area contributed by atoms with E-state index in [0.717, 1.165) is 5.69 Å². The van der Waals surface area contributed by atoms with Gasteiger partial charge in [0.2, 0.25) is 5.91 Å². The summed E-state index contributed by atoms with van der Waals surface area (Å²) < 4.78 is 0. The zero-order valence-corrected chi connectivity index (χ0v) is 10.1. The predicted octanol–water partition coefficient (Wildman–Crippen LogP) is 1.46. The van der Waals surface area contributed by atoms with Gasteiger partial charge in [0.15, 0.2) is 5.82 Å². The van der Waals surface area contributed by atoms with Crippen LogP contribution >= 0.6 is 0 Å². The fraction of sp³-hybridized carbons (Fsp3) is 0.636. The van der Waals surface area contributed by atoms with E-state index in [1.54, 1.807) is 0 Å². The Labute approximate surface area is 95.8 Å². The number of hydrogen-bond acceptors (Lipinski definition) is 3. The molecule has 0 aromatic carbocycles. The van der Waals surface area contributed by atoms with Crippen molar-refractivity contribution in [2.24, 2.45) is 11.7 Å². The first kappa shape index (κ1) is 12.7. The molecule has 0 radical (unpaired) electrons. The number of nitrogens with one attached hydrogen (secondary N) is 2. The number of nitrogens with zero attached hydrogens (tertiary/aromatic N) is 1. The van der Waals surface area contributed by atoms with Crippen LogP contribution in [-0.2, 0) is 4.79 Å². The van der Waals surface area contributed by atoms with Gasteiger partial charge in [0.05, 0.1) is 0 Å². The number of nitrogens with two attached hydrogens (primary N) is 1. The van der Waals surface area contributed by atoms with Crippen molar-refractivity contribution >= 4 is 11.7 Å². The standard InChI is InChI=1S/C11H20N4O/c1-7(2)9-6-10(15-14-9)13-11(16)8(3)4-5-12/h6-8H,4-5,12H2,1-3H3,(H2,13,14,15,16). The number of carbonyl (C=O) groups excluding carboxylic acids is 1. The highest BCUT2D eigenvalue weighted by atomic mass is 16.1. The van der Waals surface area contributed by atoms with Gasteiger partial charge < -0.3 is 11.1 Å². The molecule has 0 aliphatic carbocycles. The smallest absolute Gasteiger partial charge is 0.228 e. The maximum atomic E-state index is 11.7. The Morgan fingerprint density at radius 2 is 2.25 bits per heavy atom. The van der Waals surface area contributed by atoms with Gasteiger partial charge in [-0.05, 0) is 18.9 Å². The van der Waals surface area contributed by atoms with Crippen LogP contribution in [0.2, 0.25) is 0 Å². The van der Waals surface area contributed by atoms with E-state index in [-0.39, 0.29) is 11.8 Å². The summed E-state index contributed by atoms with van der Waals surface area (Å²) in [5.74, 6) is 0.841. The van der Waals surface area contributed by atoms with Crippen LogP contribution < -0.4 is 11.1 Å². The molecular weight excluding hydrogens is 204 g/mol. The molecule has 1 atom stereocenters. The summed E-state index contributed by atoms with van der Waals surface area (Å²) in [5.41, 5.74) is 6.42. The molecule has 1 aromatic rings. The van der Waals surface area contributed by atoms with Crippen molar-refractivity contribution in [1.29, 1.82) is 0 Å². The summed E-state index contributed by atoms with van der Waals surface area (Å²) in [6.07, 6.45) is 0.688. The van der Waals surface area contributed by atoms with Crippen molar-refractivity contribution < 1.29 is 4.79 Å². The summed E-state index contributed by atoms with van der Waals surface area (Å²) in [5, 5.41) is 9.69. The predicted molar refractivity (Wildman–Crippen MR) is 64.1 cm³/mol. The zero-order valence-electron chi connectivity index (χ0n) is 10.1. The first-order valence-corrected chi connectivity index (χ1v) is 5.60. The maximum Gasteiger partial charge on any atom is 0.228 e. The van der Waals surface area contributed by atoms with Crippen molar-refractivity contribution in [2.45, 2.75) is 33.1 Å². The third kappa shape index (κ3) is 3.34. The molecule has 1 heterocycles. The van der Waals surface area contributed by atoms with Gasteiger partial charge in [-0.15, -0.1) is 0 Å². The molecule has 0 aliphatic rings. The average Bonchev–Trinajstić information content (AvgIpc) is 2.66. The maximum absolute atomic E-state index is 11.7. The average molecular weight is 224 g/mol. The van der Waals surface area contributed by atoms with Crippen LogP contribution in [0, 0.1) is 5.92 Å². The van der Waals surface area contributed by atoms with Gasteiger partial charge in [-0.25, -0.2) is 0 Å². The molecule has 1 aromatic heterocycles. The van der Waals surface area contributed by atoms with E-state index in [4.69, 9.17) is 5.73 Å². The highest BCUT2D eigenvalue weighted by Gasteiger charge is 2.13. The molecule has 5 nitrogen and oxygen atoms in total. The molecule has 0 fully saturated rings. The highest BCUT2D eigenvalue weighted by Crippen LogP contribution is 2.15. The lowest BCUT2D eigenvalue weighted by molar-refractivity contribution is -0.119. The van der Waals surface area contributed by atoms with Gasteiger partial charge in [-0.2, -0.15) is 5.10 Å². The first-order valence-electron chi connectivity index (χ1n) is 5.60. The van der Waals surface area contributed by atoms with E-state index in [1.807, 2.05) is 13.0 Å². The van der Waals surface area contributed by atoms with Crippen LogP contribution in [0.3, 0.4) is 0 Å². The largest absolute Gasteiger partial charge is 0.330 e. The number of rotatable bonds is 5. The van der Waals surface area contributed by atoms with Gasteiger partial charge >= 0.3 is 0 Å². The summed E-state index contributed by atoms with van der Waals surface area (Å²) in [6, 6.07) is 1.86. The van der Waals surface area contributed by atoms with Crippen molar-refractivity contribution in [1.82, 2.24) is 10.2 Å². The molecule has 16 heavy (non-hydrogen) atoms. The Bertz CT molecular complexity index is 346. The molecule has 1 rings (SSSR count). The molecule has 0 spiro atoms. The van der Waals surface area contributed by atoms with Crippen LogP contribution in [0.25, 0.3) is 0 Å². The van der Waals surface area contributed by atoms with E-state index in [2.05, 4.69) is 29.4 Å². The molecule has 5 heteroatoms. The Morgan fingerprint density at radius 1 is 1.56 bits per heavy atom. The van der Waals surface area contributed by atoms with Crippen molar-refractivity contribution in [3.05, 3.63) is 11.8 Å². The molecule has 1 amide bonds. The number of hydrogen-bond donors (Lipinski definition) is 3. The summed E-state index contributed by atoms with van der Waals surface area (Å²) in [7, 11) is 0. The quantitative estimate of drug-likeness (QED) is 0.708. The minimum atomic E-state index is -0.0794. The normalized spacial score (nSPS) is 12.8. The fourth-order valence-electron chi connectivity index (χ4n) is 1.33. The van der Waals surface area contributed by atoms with Crippen molar-refractivity contribution in [2.75, 3.05) is 11.9 Å². The van der Waals surface area contributed by atoms with E-state index in [1.165, 1.54) is 0 Å².